The quantitative estimate of drug-likeness (QED) is 0.468. The zero-order valence-corrected chi connectivity index (χ0v) is 22.6. The van der Waals surface area contributed by atoms with Crippen LogP contribution in [0.2, 0.25) is 0 Å². The Bertz CT molecular complexity index is 1400. The predicted molar refractivity (Wildman–Crippen MR) is 137 cm³/mol. The summed E-state index contributed by atoms with van der Waals surface area (Å²) in [7, 11) is -4.12. The molecule has 7 nitrogen and oxygen atoms in total. The highest BCUT2D eigenvalue weighted by molar-refractivity contribution is 7.89. The maximum atomic E-state index is 13.8. The topological polar surface area (TPSA) is 90.9 Å². The van der Waals surface area contributed by atoms with Crippen LogP contribution in [0.25, 0.3) is 0 Å². The van der Waals surface area contributed by atoms with Crippen molar-refractivity contribution in [3.8, 4) is 0 Å². The molecule has 6 rings (SSSR count). The van der Waals surface area contributed by atoms with E-state index in [2.05, 4.69) is 15.6 Å². The van der Waals surface area contributed by atoms with E-state index in [4.69, 9.17) is 0 Å². The van der Waals surface area contributed by atoms with Crippen molar-refractivity contribution in [2.75, 3.05) is 6.54 Å². The van der Waals surface area contributed by atoms with Crippen molar-refractivity contribution in [3.05, 3.63) is 65.5 Å². The van der Waals surface area contributed by atoms with Crippen LogP contribution in [0, 0.1) is 11.2 Å². The van der Waals surface area contributed by atoms with Crippen LogP contribution in [0.3, 0.4) is 0 Å². The Morgan fingerprint density at radius 3 is 2.21 bits per heavy atom. The van der Waals surface area contributed by atoms with Crippen LogP contribution in [0.5, 0.6) is 0 Å². The molecule has 0 aromatic heterocycles. The first-order valence-corrected chi connectivity index (χ1v) is 14.1. The van der Waals surface area contributed by atoms with Gasteiger partial charge in [-0.05, 0) is 82.0 Å². The lowest BCUT2D eigenvalue weighted by Gasteiger charge is -2.73. The molecule has 39 heavy (non-hydrogen) atoms. The SMILES string of the molecule is CC(C)NC(=O)[C@@]1(C)CN=C(C23CC(N(Cc4ccc(C(F)(F)F)cc4)S(=O)(=O)c4ccc(F)cc4)(C2)C3)N1. The summed E-state index contributed by atoms with van der Waals surface area (Å²) in [5, 5.41) is 6.17. The number of halogens is 4. The second-order valence-electron chi connectivity index (χ2n) is 11.4. The Morgan fingerprint density at radius 2 is 1.67 bits per heavy atom. The Kier molecular flexibility index (Phi) is 6.38. The molecule has 12 heteroatoms. The van der Waals surface area contributed by atoms with Gasteiger partial charge in [0.15, 0.2) is 0 Å². The van der Waals surface area contributed by atoms with Gasteiger partial charge in [-0.3, -0.25) is 9.79 Å². The predicted octanol–water partition coefficient (Wildman–Crippen LogP) is 4.24. The van der Waals surface area contributed by atoms with Crippen molar-refractivity contribution in [2.45, 2.75) is 74.8 Å². The van der Waals surface area contributed by atoms with Gasteiger partial charge >= 0.3 is 6.18 Å². The Labute approximate surface area is 224 Å². The number of benzene rings is 2. The van der Waals surface area contributed by atoms with Gasteiger partial charge in [0.1, 0.15) is 17.2 Å². The van der Waals surface area contributed by atoms with Crippen LogP contribution in [-0.4, -0.2) is 48.1 Å². The molecule has 3 fully saturated rings. The van der Waals surface area contributed by atoms with Gasteiger partial charge in [0.25, 0.3) is 0 Å². The van der Waals surface area contributed by atoms with Crippen molar-refractivity contribution in [3.63, 3.8) is 0 Å². The highest BCUT2D eigenvalue weighted by atomic mass is 32.2. The van der Waals surface area contributed by atoms with Crippen molar-refractivity contribution < 1.29 is 30.8 Å². The van der Waals surface area contributed by atoms with E-state index < -0.39 is 44.1 Å². The van der Waals surface area contributed by atoms with E-state index in [0.717, 1.165) is 24.3 Å². The molecule has 3 aliphatic carbocycles. The van der Waals surface area contributed by atoms with Gasteiger partial charge in [0.05, 0.1) is 17.0 Å². The van der Waals surface area contributed by atoms with Crippen LogP contribution in [0.1, 0.15) is 51.2 Å². The molecule has 1 heterocycles. The number of hydrogen-bond donors (Lipinski definition) is 2. The number of carbonyl (C=O) groups is 1. The maximum Gasteiger partial charge on any atom is 0.416 e. The molecule has 3 saturated carbocycles. The Hall–Kier alpha value is -2.99. The number of rotatable bonds is 8. The van der Waals surface area contributed by atoms with Crippen molar-refractivity contribution in [2.24, 2.45) is 10.4 Å². The molecule has 2 N–H and O–H groups in total. The van der Waals surface area contributed by atoms with Gasteiger partial charge in [0.2, 0.25) is 15.9 Å². The average molecular weight is 567 g/mol. The van der Waals surface area contributed by atoms with Crippen molar-refractivity contribution in [1.29, 1.82) is 0 Å². The Balaban J connectivity index is 1.39. The lowest BCUT2D eigenvalue weighted by molar-refractivity contribution is -0.151. The van der Waals surface area contributed by atoms with Crippen molar-refractivity contribution in [1.82, 2.24) is 14.9 Å². The van der Waals surface area contributed by atoms with Crippen LogP contribution < -0.4 is 10.6 Å². The molecule has 0 unspecified atom stereocenters. The average Bonchev–Trinajstić information content (AvgIpc) is 3.19. The summed E-state index contributed by atoms with van der Waals surface area (Å²) in [6, 6.07) is 8.88. The number of carbonyl (C=O) groups excluding carboxylic acids is 1. The van der Waals surface area contributed by atoms with Crippen LogP contribution in [0.4, 0.5) is 17.6 Å². The first kappa shape index (κ1) is 27.6. The summed E-state index contributed by atoms with van der Waals surface area (Å²) >= 11 is 0. The second kappa shape index (κ2) is 9.02. The molecular formula is C27H30F4N4O3S. The molecule has 2 aromatic rings. The summed E-state index contributed by atoms with van der Waals surface area (Å²) in [4.78, 5) is 17.2. The zero-order chi connectivity index (χ0) is 28.4. The summed E-state index contributed by atoms with van der Waals surface area (Å²) in [6.45, 7) is 5.64. The number of alkyl halides is 3. The molecule has 0 spiro atoms. The summed E-state index contributed by atoms with van der Waals surface area (Å²) in [5.74, 6) is -0.0672. The number of amides is 1. The fourth-order valence-electron chi connectivity index (χ4n) is 5.88. The molecule has 0 saturated heterocycles. The molecule has 0 radical (unpaired) electrons. The molecule has 4 aliphatic rings. The lowest BCUT2D eigenvalue weighted by Crippen LogP contribution is -2.79. The minimum Gasteiger partial charge on any atom is -0.358 e. The minimum atomic E-state index is -4.51. The first-order valence-electron chi connectivity index (χ1n) is 12.7. The zero-order valence-electron chi connectivity index (χ0n) is 21.8. The van der Waals surface area contributed by atoms with Gasteiger partial charge in [-0.2, -0.15) is 17.5 Å². The van der Waals surface area contributed by atoms with Gasteiger partial charge in [-0.15, -0.1) is 0 Å². The molecule has 210 valence electrons. The van der Waals surface area contributed by atoms with E-state index in [1.165, 1.54) is 28.6 Å². The smallest absolute Gasteiger partial charge is 0.358 e. The number of nitrogens with one attached hydrogen (secondary N) is 2. The fraction of sp³-hybridized carbons (Fsp3) is 0.481. The number of aliphatic imine (C=N–C) groups is 1. The number of hydrogen-bond acceptors (Lipinski definition) is 5. The number of amidine groups is 1. The van der Waals surface area contributed by atoms with E-state index in [-0.39, 0.29) is 29.9 Å². The fourth-order valence-corrected chi connectivity index (χ4v) is 7.64. The van der Waals surface area contributed by atoms with Gasteiger partial charge in [-0.1, -0.05) is 12.1 Å². The second-order valence-corrected chi connectivity index (χ2v) is 13.3. The van der Waals surface area contributed by atoms with Gasteiger partial charge < -0.3 is 10.6 Å². The highest BCUT2D eigenvalue weighted by Gasteiger charge is 2.75. The van der Waals surface area contributed by atoms with Crippen LogP contribution in [-0.2, 0) is 27.5 Å². The maximum absolute atomic E-state index is 13.8. The third-order valence-corrected chi connectivity index (χ3v) is 9.88. The monoisotopic (exact) mass is 566 g/mol. The number of nitrogens with zero attached hydrogens (tertiary/aromatic N) is 2. The highest BCUT2D eigenvalue weighted by Crippen LogP contribution is 2.71. The molecule has 1 amide bonds. The summed E-state index contributed by atoms with van der Waals surface area (Å²) in [5.41, 5.74) is -2.48. The number of sulfonamides is 1. The van der Waals surface area contributed by atoms with Gasteiger partial charge in [0, 0.05) is 23.5 Å². The van der Waals surface area contributed by atoms with Crippen LogP contribution in [0.15, 0.2) is 58.4 Å². The van der Waals surface area contributed by atoms with Crippen LogP contribution >= 0.6 is 0 Å². The molecule has 2 bridgehead atoms. The third-order valence-electron chi connectivity index (χ3n) is 7.91. The van der Waals surface area contributed by atoms with E-state index in [1.807, 2.05) is 13.8 Å². The minimum absolute atomic E-state index is 0.0335. The van der Waals surface area contributed by atoms with E-state index >= 15 is 0 Å². The summed E-state index contributed by atoms with van der Waals surface area (Å²) in [6.07, 6.45) is -3.15. The molecular weight excluding hydrogens is 536 g/mol. The van der Waals surface area contributed by atoms with Gasteiger partial charge in [-0.25, -0.2) is 12.8 Å². The standard InChI is InChI=1S/C27H30F4N4O3S/c1-17(2)33-23(36)24(3)16-32-22(34-24)25-13-26(14-25,15-25)35(39(37,38)21-10-8-20(28)9-11-21)12-18-4-6-19(7-5-18)27(29,30)31/h4-11,17H,12-16H2,1-3H3,(H,32,34)(H,33,36)/t24-,25?,26?/m1/s1. The van der Waals surface area contributed by atoms with E-state index in [0.29, 0.717) is 30.7 Å². The molecule has 1 aliphatic heterocycles. The van der Waals surface area contributed by atoms with E-state index in [1.54, 1.807) is 6.92 Å². The molecule has 2 aromatic carbocycles. The Morgan fingerprint density at radius 1 is 1.08 bits per heavy atom. The third kappa shape index (κ3) is 4.71. The first-order chi connectivity index (χ1) is 18.1. The normalized spacial score (nSPS) is 28.0. The molecule has 1 atom stereocenters. The summed E-state index contributed by atoms with van der Waals surface area (Å²) < 4.78 is 81.6. The largest absolute Gasteiger partial charge is 0.416 e. The van der Waals surface area contributed by atoms with E-state index in [9.17, 15) is 30.8 Å². The lowest BCUT2D eigenvalue weighted by atomic mass is 9.38. The van der Waals surface area contributed by atoms with Crippen molar-refractivity contribution >= 4 is 21.8 Å².